The van der Waals surface area contributed by atoms with Gasteiger partial charge in [0, 0.05) is 5.02 Å². The normalized spacial score (nSPS) is 16.4. The van der Waals surface area contributed by atoms with E-state index in [1.54, 1.807) is 6.07 Å². The molecule has 2 aromatic carbocycles. The van der Waals surface area contributed by atoms with Crippen LogP contribution in [0.25, 0.3) is 0 Å². The molecule has 0 aliphatic carbocycles. The number of benzene rings is 2. The van der Waals surface area contributed by atoms with E-state index in [-0.39, 0.29) is 21.2 Å². The fourth-order valence-electron chi connectivity index (χ4n) is 2.52. The fourth-order valence-corrected chi connectivity index (χ4v) is 4.70. The van der Waals surface area contributed by atoms with Gasteiger partial charge in [-0.15, -0.1) is 0 Å². The molecule has 0 aromatic heterocycles. The van der Waals surface area contributed by atoms with E-state index in [2.05, 4.69) is 5.32 Å². The summed E-state index contributed by atoms with van der Waals surface area (Å²) in [6.45, 7) is 1.33. The minimum Gasteiger partial charge on any atom is -0.323 e. The molecule has 0 bridgehead atoms. The number of nitrogens with one attached hydrogen (secondary N) is 1. The van der Waals surface area contributed by atoms with Crippen molar-refractivity contribution in [1.29, 1.82) is 0 Å². The minimum atomic E-state index is -4.08. The van der Waals surface area contributed by atoms with Gasteiger partial charge in [-0.3, -0.25) is 9.59 Å². The fraction of sp³-hybridized carbons (Fsp3) is 0.125. The minimum absolute atomic E-state index is 0.0478. The summed E-state index contributed by atoms with van der Waals surface area (Å²) in [4.78, 5) is 24.8. The van der Waals surface area contributed by atoms with Crippen LogP contribution in [-0.4, -0.2) is 30.6 Å². The molecule has 1 heterocycles. The van der Waals surface area contributed by atoms with E-state index in [1.807, 2.05) is 0 Å². The molecule has 1 unspecified atom stereocenters. The molecule has 1 atom stereocenters. The highest BCUT2D eigenvalue weighted by Crippen LogP contribution is 2.32. The van der Waals surface area contributed by atoms with E-state index < -0.39 is 27.9 Å². The van der Waals surface area contributed by atoms with Crippen molar-refractivity contribution in [2.75, 3.05) is 5.32 Å². The van der Waals surface area contributed by atoms with E-state index in [4.69, 9.17) is 23.2 Å². The summed E-state index contributed by atoms with van der Waals surface area (Å²) in [7, 11) is -4.08. The summed E-state index contributed by atoms with van der Waals surface area (Å²) in [5.74, 6) is -1.42. The smallest absolute Gasteiger partial charge is 0.269 e. The number of sulfonamides is 1. The Kier molecular flexibility index (Phi) is 4.49. The molecule has 6 nitrogen and oxygen atoms in total. The predicted molar refractivity (Wildman–Crippen MR) is 94.4 cm³/mol. The highest BCUT2D eigenvalue weighted by molar-refractivity contribution is 7.90. The molecule has 0 fully saturated rings. The van der Waals surface area contributed by atoms with Crippen LogP contribution in [0.5, 0.6) is 0 Å². The summed E-state index contributed by atoms with van der Waals surface area (Å²) in [5.41, 5.74) is 0.316. The maximum absolute atomic E-state index is 12.6. The second-order valence-corrected chi connectivity index (χ2v) is 8.02. The number of carbonyl (C=O) groups excluding carboxylic acids is 2. The monoisotopic (exact) mass is 398 g/mol. The number of hydrogen-bond acceptors (Lipinski definition) is 4. The third kappa shape index (κ3) is 2.99. The van der Waals surface area contributed by atoms with Crippen molar-refractivity contribution in [1.82, 2.24) is 4.31 Å². The van der Waals surface area contributed by atoms with Gasteiger partial charge < -0.3 is 5.32 Å². The molecular formula is C16H12Cl2N2O4S. The molecule has 1 aliphatic rings. The molecule has 2 aromatic rings. The first-order valence-corrected chi connectivity index (χ1v) is 9.37. The first-order chi connectivity index (χ1) is 11.7. The zero-order valence-corrected chi connectivity index (χ0v) is 15.2. The third-order valence-electron chi connectivity index (χ3n) is 3.77. The van der Waals surface area contributed by atoms with E-state index in [0.717, 1.165) is 0 Å². The van der Waals surface area contributed by atoms with Crippen LogP contribution < -0.4 is 5.32 Å². The Morgan fingerprint density at radius 1 is 1.16 bits per heavy atom. The van der Waals surface area contributed by atoms with Crippen molar-refractivity contribution in [3.05, 3.63) is 58.1 Å². The number of amides is 2. The standard InChI is InChI=1S/C16H12Cl2N2O4S/c1-9(15(21)19-13-7-6-10(17)8-12(13)18)20-16(22)11-4-2-3-5-14(11)25(20,23)24/h2-9H,1H3,(H,19,21). The molecule has 1 N–H and O–H groups in total. The molecule has 9 heteroatoms. The molecule has 3 rings (SSSR count). The summed E-state index contributed by atoms with van der Waals surface area (Å²) < 4.78 is 25.8. The summed E-state index contributed by atoms with van der Waals surface area (Å²) in [5, 5.41) is 3.10. The maximum atomic E-state index is 12.6. The second-order valence-electron chi connectivity index (χ2n) is 5.39. The SMILES string of the molecule is CC(C(=O)Nc1ccc(Cl)cc1Cl)N1C(=O)c2ccccc2S1(=O)=O. The largest absolute Gasteiger partial charge is 0.323 e. The van der Waals surface area contributed by atoms with Crippen LogP contribution in [-0.2, 0) is 14.8 Å². The molecule has 0 saturated heterocycles. The van der Waals surface area contributed by atoms with Gasteiger partial charge in [0.2, 0.25) is 5.91 Å². The van der Waals surface area contributed by atoms with Crippen LogP contribution in [0.3, 0.4) is 0 Å². The Hall–Kier alpha value is -2.09. The Morgan fingerprint density at radius 2 is 1.84 bits per heavy atom. The van der Waals surface area contributed by atoms with E-state index in [1.165, 1.54) is 43.3 Å². The van der Waals surface area contributed by atoms with E-state index in [0.29, 0.717) is 9.33 Å². The Balaban J connectivity index is 1.89. The number of rotatable bonds is 3. The molecular weight excluding hydrogens is 387 g/mol. The van der Waals surface area contributed by atoms with E-state index in [9.17, 15) is 18.0 Å². The third-order valence-corrected chi connectivity index (χ3v) is 6.23. The lowest BCUT2D eigenvalue weighted by molar-refractivity contribution is -0.118. The molecule has 2 amide bonds. The molecule has 25 heavy (non-hydrogen) atoms. The van der Waals surface area contributed by atoms with Crippen molar-refractivity contribution in [3.8, 4) is 0 Å². The average Bonchev–Trinajstić information content (AvgIpc) is 2.76. The van der Waals surface area contributed by atoms with Gasteiger partial charge in [0.05, 0.1) is 16.3 Å². The van der Waals surface area contributed by atoms with Crippen LogP contribution in [0.4, 0.5) is 5.69 Å². The van der Waals surface area contributed by atoms with Crippen LogP contribution in [0, 0.1) is 0 Å². The number of hydrogen-bond donors (Lipinski definition) is 1. The van der Waals surface area contributed by atoms with Crippen LogP contribution >= 0.6 is 23.2 Å². The first-order valence-electron chi connectivity index (χ1n) is 7.17. The lowest BCUT2D eigenvalue weighted by Crippen LogP contribution is -2.45. The second kappa shape index (κ2) is 6.33. The maximum Gasteiger partial charge on any atom is 0.269 e. The van der Waals surface area contributed by atoms with Gasteiger partial charge in [-0.2, -0.15) is 0 Å². The zero-order valence-electron chi connectivity index (χ0n) is 12.9. The average molecular weight is 399 g/mol. The molecule has 1 aliphatic heterocycles. The van der Waals surface area contributed by atoms with Crippen molar-refractivity contribution < 1.29 is 18.0 Å². The number of nitrogens with zero attached hydrogens (tertiary/aromatic N) is 1. The van der Waals surface area contributed by atoms with Crippen molar-refractivity contribution in [3.63, 3.8) is 0 Å². The highest BCUT2D eigenvalue weighted by atomic mass is 35.5. The Bertz CT molecular complexity index is 991. The summed E-state index contributed by atoms with van der Waals surface area (Å²) >= 11 is 11.8. The van der Waals surface area contributed by atoms with Gasteiger partial charge in [-0.25, -0.2) is 12.7 Å². The number of fused-ring (bicyclic) bond motifs is 1. The first kappa shape index (κ1) is 17.7. The topological polar surface area (TPSA) is 83.6 Å². The van der Waals surface area contributed by atoms with Crippen LogP contribution in [0.2, 0.25) is 10.0 Å². The van der Waals surface area contributed by atoms with Crippen molar-refractivity contribution >= 4 is 50.7 Å². The lowest BCUT2D eigenvalue weighted by atomic mass is 10.2. The van der Waals surface area contributed by atoms with Gasteiger partial charge in [-0.1, -0.05) is 35.3 Å². The Morgan fingerprint density at radius 3 is 2.48 bits per heavy atom. The zero-order chi connectivity index (χ0) is 18.4. The van der Waals surface area contributed by atoms with Crippen molar-refractivity contribution in [2.45, 2.75) is 17.9 Å². The molecule has 130 valence electrons. The van der Waals surface area contributed by atoms with Gasteiger partial charge in [0.1, 0.15) is 10.9 Å². The highest BCUT2D eigenvalue weighted by Gasteiger charge is 2.45. The van der Waals surface area contributed by atoms with Crippen LogP contribution in [0.1, 0.15) is 17.3 Å². The van der Waals surface area contributed by atoms with Gasteiger partial charge in [0.25, 0.3) is 15.9 Å². The van der Waals surface area contributed by atoms with Crippen molar-refractivity contribution in [2.24, 2.45) is 0 Å². The lowest BCUT2D eigenvalue weighted by Gasteiger charge is -2.22. The number of halogens is 2. The predicted octanol–water partition coefficient (Wildman–Crippen LogP) is 3.17. The number of anilines is 1. The van der Waals surface area contributed by atoms with Gasteiger partial charge >= 0.3 is 0 Å². The van der Waals surface area contributed by atoms with Gasteiger partial charge in [-0.05, 0) is 37.3 Å². The van der Waals surface area contributed by atoms with Gasteiger partial charge in [0.15, 0.2) is 0 Å². The summed E-state index contributed by atoms with van der Waals surface area (Å²) in [6.07, 6.45) is 0. The summed E-state index contributed by atoms with van der Waals surface area (Å²) in [6, 6.07) is 9.04. The van der Waals surface area contributed by atoms with E-state index >= 15 is 0 Å². The Labute approximate surface area is 154 Å². The number of carbonyl (C=O) groups is 2. The van der Waals surface area contributed by atoms with Crippen LogP contribution in [0.15, 0.2) is 47.4 Å². The molecule has 0 spiro atoms. The molecule has 0 saturated carbocycles. The molecule has 0 radical (unpaired) electrons. The quantitative estimate of drug-likeness (QED) is 0.860.